The van der Waals surface area contributed by atoms with Gasteiger partial charge in [-0.3, -0.25) is 9.67 Å². The van der Waals surface area contributed by atoms with Crippen molar-refractivity contribution in [2.24, 2.45) is 7.05 Å². The van der Waals surface area contributed by atoms with E-state index in [-0.39, 0.29) is 6.04 Å². The average molecular weight is 265 g/mol. The molecular weight excluding hydrogens is 248 g/mol. The number of aromatic nitrogens is 3. The van der Waals surface area contributed by atoms with Crippen LogP contribution < -0.4 is 5.32 Å². The normalized spacial score (nSPS) is 12.7. The smallest absolute Gasteiger partial charge is 0.0860 e. The Kier molecular flexibility index (Phi) is 3.99. The highest BCUT2D eigenvalue weighted by Gasteiger charge is 2.12. The third-order valence-corrected chi connectivity index (χ3v) is 3.54. The maximum Gasteiger partial charge on any atom is 0.0860 e. The molecule has 96 valence electrons. The Hall–Kier alpha value is -1.39. The molecule has 0 aliphatic carbocycles. The molecule has 0 bridgehead atoms. The van der Waals surface area contributed by atoms with Gasteiger partial charge in [0, 0.05) is 32.0 Å². The summed E-state index contributed by atoms with van der Waals surface area (Å²) in [7, 11) is 1.91. The number of hydrogen-bond acceptors (Lipinski definition) is 3. The van der Waals surface area contributed by atoms with Gasteiger partial charge in [-0.25, -0.2) is 0 Å². The van der Waals surface area contributed by atoms with Crippen LogP contribution in [-0.4, -0.2) is 14.8 Å². The topological polar surface area (TPSA) is 42.7 Å². The highest BCUT2D eigenvalue weighted by molar-refractivity contribution is 6.31. The van der Waals surface area contributed by atoms with Gasteiger partial charge in [-0.15, -0.1) is 0 Å². The highest BCUT2D eigenvalue weighted by Crippen LogP contribution is 2.20. The first-order chi connectivity index (χ1) is 8.59. The van der Waals surface area contributed by atoms with Crippen LogP contribution in [0.25, 0.3) is 0 Å². The van der Waals surface area contributed by atoms with Gasteiger partial charge in [-0.05, 0) is 31.5 Å². The van der Waals surface area contributed by atoms with Gasteiger partial charge in [0.2, 0.25) is 0 Å². The largest absolute Gasteiger partial charge is 0.305 e. The number of aryl methyl sites for hydroxylation is 2. The molecule has 0 spiro atoms. The van der Waals surface area contributed by atoms with Crippen molar-refractivity contribution in [3.63, 3.8) is 0 Å². The fourth-order valence-electron chi connectivity index (χ4n) is 1.89. The lowest BCUT2D eigenvalue weighted by atomic mass is 10.1. The maximum absolute atomic E-state index is 6.21. The van der Waals surface area contributed by atoms with Gasteiger partial charge >= 0.3 is 0 Å². The van der Waals surface area contributed by atoms with Gasteiger partial charge in [0.15, 0.2) is 0 Å². The van der Waals surface area contributed by atoms with Gasteiger partial charge < -0.3 is 5.32 Å². The molecule has 0 aliphatic heterocycles. The zero-order valence-corrected chi connectivity index (χ0v) is 11.6. The van der Waals surface area contributed by atoms with Crippen molar-refractivity contribution >= 4 is 11.6 Å². The third-order valence-electron chi connectivity index (χ3n) is 3.04. The molecule has 0 fully saturated rings. The van der Waals surface area contributed by atoms with Crippen molar-refractivity contribution in [3.05, 3.63) is 46.5 Å². The van der Waals surface area contributed by atoms with Crippen LogP contribution in [-0.2, 0) is 13.6 Å². The van der Waals surface area contributed by atoms with Crippen LogP contribution in [0.15, 0.2) is 24.5 Å². The van der Waals surface area contributed by atoms with E-state index in [1.54, 1.807) is 12.4 Å². The van der Waals surface area contributed by atoms with E-state index in [1.165, 1.54) is 5.56 Å². The summed E-state index contributed by atoms with van der Waals surface area (Å²) in [6.07, 6.45) is 3.60. The number of rotatable bonds is 4. The van der Waals surface area contributed by atoms with E-state index >= 15 is 0 Å². The number of nitrogens with zero attached hydrogens (tertiary/aromatic N) is 3. The molecule has 2 rings (SSSR count). The Morgan fingerprint density at radius 1 is 1.39 bits per heavy atom. The minimum absolute atomic E-state index is 0.249. The average Bonchev–Trinajstić information content (AvgIpc) is 2.62. The minimum atomic E-state index is 0.249. The van der Waals surface area contributed by atoms with Gasteiger partial charge in [0.05, 0.1) is 16.4 Å². The van der Waals surface area contributed by atoms with Crippen molar-refractivity contribution < 1.29 is 0 Å². The number of halogens is 1. The van der Waals surface area contributed by atoms with E-state index in [9.17, 15) is 0 Å². The van der Waals surface area contributed by atoms with E-state index < -0.39 is 0 Å². The summed E-state index contributed by atoms with van der Waals surface area (Å²) in [6.45, 7) is 4.73. The quantitative estimate of drug-likeness (QED) is 0.923. The van der Waals surface area contributed by atoms with Crippen LogP contribution >= 0.6 is 11.6 Å². The fourth-order valence-corrected chi connectivity index (χ4v) is 2.12. The molecule has 0 saturated carbocycles. The molecule has 0 radical (unpaired) electrons. The van der Waals surface area contributed by atoms with Crippen molar-refractivity contribution in [1.82, 2.24) is 20.1 Å². The standard InChI is InChI=1S/C13H17ClN4/c1-9(11-4-6-15-7-5-11)16-8-12-13(14)10(2)17-18(12)3/h4-7,9,16H,8H2,1-3H3/t9-/m1/s1. The van der Waals surface area contributed by atoms with Gasteiger partial charge in [0.1, 0.15) is 0 Å². The minimum Gasteiger partial charge on any atom is -0.305 e. The predicted octanol–water partition coefficient (Wildman–Crippen LogP) is 2.63. The van der Waals surface area contributed by atoms with Crippen molar-refractivity contribution in [2.45, 2.75) is 26.4 Å². The lowest BCUT2D eigenvalue weighted by Crippen LogP contribution is -2.20. The summed E-state index contributed by atoms with van der Waals surface area (Å²) < 4.78 is 1.82. The van der Waals surface area contributed by atoms with E-state index in [2.05, 4.69) is 22.3 Å². The van der Waals surface area contributed by atoms with E-state index in [1.807, 2.05) is 30.8 Å². The molecule has 0 aliphatic rings. The van der Waals surface area contributed by atoms with Crippen LogP contribution in [0.4, 0.5) is 0 Å². The fraction of sp³-hybridized carbons (Fsp3) is 0.385. The second kappa shape index (κ2) is 5.50. The van der Waals surface area contributed by atoms with E-state index in [0.717, 1.165) is 16.4 Å². The van der Waals surface area contributed by atoms with Gasteiger partial charge in [0.25, 0.3) is 0 Å². The molecule has 0 amide bonds. The van der Waals surface area contributed by atoms with Crippen LogP contribution in [0.1, 0.15) is 29.9 Å². The summed E-state index contributed by atoms with van der Waals surface area (Å²) in [6, 6.07) is 4.26. The summed E-state index contributed by atoms with van der Waals surface area (Å²) in [5.74, 6) is 0. The molecule has 4 nitrogen and oxygen atoms in total. The summed E-state index contributed by atoms with van der Waals surface area (Å²) >= 11 is 6.21. The first-order valence-electron chi connectivity index (χ1n) is 5.91. The van der Waals surface area contributed by atoms with Gasteiger partial charge in [-0.1, -0.05) is 11.6 Å². The zero-order valence-electron chi connectivity index (χ0n) is 10.8. The maximum atomic E-state index is 6.21. The number of pyridine rings is 1. The molecule has 2 aromatic rings. The van der Waals surface area contributed by atoms with Crippen LogP contribution in [0.3, 0.4) is 0 Å². The Morgan fingerprint density at radius 3 is 2.61 bits per heavy atom. The number of hydrogen-bond donors (Lipinski definition) is 1. The monoisotopic (exact) mass is 264 g/mol. The molecule has 0 saturated heterocycles. The Balaban J connectivity index is 2.04. The molecule has 2 aromatic heterocycles. The van der Waals surface area contributed by atoms with E-state index in [4.69, 9.17) is 11.6 Å². The molecule has 5 heteroatoms. The molecule has 0 aromatic carbocycles. The molecule has 0 unspecified atom stereocenters. The van der Waals surface area contributed by atoms with Crippen molar-refractivity contribution in [3.8, 4) is 0 Å². The number of nitrogens with one attached hydrogen (secondary N) is 1. The summed E-state index contributed by atoms with van der Waals surface area (Å²) in [5.41, 5.74) is 3.09. The second-order valence-corrected chi connectivity index (χ2v) is 4.73. The highest BCUT2D eigenvalue weighted by atomic mass is 35.5. The lowest BCUT2D eigenvalue weighted by Gasteiger charge is -2.14. The Labute approximate surface area is 112 Å². The van der Waals surface area contributed by atoms with Crippen LogP contribution in [0.2, 0.25) is 5.02 Å². The van der Waals surface area contributed by atoms with Gasteiger partial charge in [-0.2, -0.15) is 5.10 Å². The third kappa shape index (κ3) is 2.71. The first-order valence-corrected chi connectivity index (χ1v) is 6.28. The molecule has 2 heterocycles. The summed E-state index contributed by atoms with van der Waals surface area (Å²) in [4.78, 5) is 4.01. The Bertz CT molecular complexity index is 521. The van der Waals surface area contributed by atoms with E-state index in [0.29, 0.717) is 6.54 Å². The van der Waals surface area contributed by atoms with Crippen LogP contribution in [0.5, 0.6) is 0 Å². The molecular formula is C13H17ClN4. The molecule has 18 heavy (non-hydrogen) atoms. The second-order valence-electron chi connectivity index (χ2n) is 4.35. The van der Waals surface area contributed by atoms with Crippen molar-refractivity contribution in [1.29, 1.82) is 0 Å². The first kappa shape index (κ1) is 13.1. The zero-order chi connectivity index (χ0) is 13.1. The summed E-state index contributed by atoms with van der Waals surface area (Å²) in [5, 5.41) is 8.48. The molecule has 1 atom stereocenters. The SMILES string of the molecule is Cc1nn(C)c(CN[C@H](C)c2ccncc2)c1Cl. The predicted molar refractivity (Wildman–Crippen MR) is 72.4 cm³/mol. The Morgan fingerprint density at radius 2 is 2.06 bits per heavy atom. The lowest BCUT2D eigenvalue weighted by molar-refractivity contribution is 0.547. The molecule has 1 N–H and O–H groups in total. The van der Waals surface area contributed by atoms with Crippen LogP contribution in [0, 0.1) is 6.92 Å². The van der Waals surface area contributed by atoms with Crippen molar-refractivity contribution in [2.75, 3.05) is 0 Å².